The Kier molecular flexibility index (Phi) is 4.86. The highest BCUT2D eigenvalue weighted by Crippen LogP contribution is 2.14. The Hall–Kier alpha value is -0.600. The Balaban J connectivity index is 0.00000121. The highest BCUT2D eigenvalue weighted by Gasteiger charge is 2.07. The average molecular weight is 203 g/mol. The first kappa shape index (κ1) is 11.4. The van der Waals surface area contributed by atoms with Gasteiger partial charge in [-0.25, -0.2) is 0 Å². The van der Waals surface area contributed by atoms with E-state index in [0.717, 1.165) is 5.56 Å². The number of aliphatic hydroxyl groups is 1. The summed E-state index contributed by atoms with van der Waals surface area (Å²) < 4.78 is 0. The van der Waals surface area contributed by atoms with Crippen molar-refractivity contribution in [3.8, 4) is 0 Å². The minimum atomic E-state index is -0.0359. The molecule has 1 N–H and O–H groups in total. The van der Waals surface area contributed by atoms with Gasteiger partial charge < -0.3 is 5.11 Å². The Bertz CT molecular complexity index is 248. The van der Waals surface area contributed by atoms with E-state index in [1.54, 1.807) is 0 Å². The van der Waals surface area contributed by atoms with Crippen molar-refractivity contribution in [2.75, 3.05) is 0 Å². The molecule has 0 saturated carbocycles. The van der Waals surface area contributed by atoms with Gasteiger partial charge in [0, 0.05) is 5.92 Å². The zero-order valence-corrected chi connectivity index (χ0v) is 8.36. The zero-order chi connectivity index (χ0) is 8.27. The third kappa shape index (κ3) is 2.80. The molecule has 0 aliphatic rings. The second-order valence-corrected chi connectivity index (χ2v) is 2.89. The van der Waals surface area contributed by atoms with Crippen LogP contribution in [0.2, 0.25) is 0 Å². The molecule has 0 bridgehead atoms. The first-order chi connectivity index (χ1) is 5.22. The Morgan fingerprint density at radius 3 is 2.25 bits per heavy atom. The molecule has 1 rings (SSSR count). The second-order valence-electron chi connectivity index (χ2n) is 2.47. The number of thiocarbonyl (C=S) groups is 1. The van der Waals surface area contributed by atoms with E-state index in [2.05, 4.69) is 12.2 Å². The van der Waals surface area contributed by atoms with Gasteiger partial charge in [-0.3, -0.25) is 0 Å². The largest absolute Gasteiger partial charge is 0.502 e. The fourth-order valence-electron chi connectivity index (χ4n) is 0.884. The Morgan fingerprint density at radius 1 is 1.33 bits per heavy atom. The van der Waals surface area contributed by atoms with Crippen LogP contribution in [0.5, 0.6) is 0 Å². The normalized spacial score (nSPS) is 11.4. The number of benzene rings is 1. The minimum absolute atomic E-state index is 0. The van der Waals surface area contributed by atoms with Gasteiger partial charge in [0.15, 0.2) is 5.05 Å². The topological polar surface area (TPSA) is 20.2 Å². The fourth-order valence-corrected chi connectivity index (χ4v) is 1.02. The maximum absolute atomic E-state index is 9.01. The molecule has 66 valence electrons. The van der Waals surface area contributed by atoms with Crippen molar-refractivity contribution in [2.45, 2.75) is 12.8 Å². The molecular weight excluding hydrogens is 192 g/mol. The predicted molar refractivity (Wildman–Crippen MR) is 57.3 cm³/mol. The van der Waals surface area contributed by atoms with Crippen LogP contribution in [0.1, 0.15) is 18.4 Å². The summed E-state index contributed by atoms with van der Waals surface area (Å²) in [6, 6.07) is 9.71. The standard InChI is InChI=1S/C9H10OS.ClH/c1-7(9(10)11)8-5-3-2-4-6-8;/h2-7H,1H3,(H,10,11);1H. The van der Waals surface area contributed by atoms with Crippen LogP contribution in [0.15, 0.2) is 30.3 Å². The van der Waals surface area contributed by atoms with Crippen molar-refractivity contribution in [3.05, 3.63) is 35.9 Å². The quantitative estimate of drug-likeness (QED) is 0.744. The van der Waals surface area contributed by atoms with Gasteiger partial charge in [-0.2, -0.15) is 0 Å². The fraction of sp³-hybridized carbons (Fsp3) is 0.222. The number of hydrogen-bond acceptors (Lipinski definition) is 1. The third-order valence-electron chi connectivity index (χ3n) is 1.67. The molecule has 1 aromatic rings. The predicted octanol–water partition coefficient (Wildman–Crippen LogP) is 3.10. The minimum Gasteiger partial charge on any atom is -0.502 e. The second kappa shape index (κ2) is 5.12. The third-order valence-corrected chi connectivity index (χ3v) is 2.02. The van der Waals surface area contributed by atoms with E-state index in [0.29, 0.717) is 0 Å². The van der Waals surface area contributed by atoms with E-state index >= 15 is 0 Å². The highest BCUT2D eigenvalue weighted by molar-refractivity contribution is 7.80. The maximum atomic E-state index is 9.01. The molecule has 0 amide bonds. The number of aliphatic hydroxyl groups excluding tert-OH is 1. The van der Waals surface area contributed by atoms with Crippen LogP contribution in [0, 0.1) is 0 Å². The molecule has 1 aromatic carbocycles. The Labute approximate surface area is 83.8 Å². The van der Waals surface area contributed by atoms with Gasteiger partial charge in [-0.1, -0.05) is 37.3 Å². The van der Waals surface area contributed by atoms with Crippen molar-refractivity contribution < 1.29 is 5.11 Å². The molecule has 0 aliphatic heterocycles. The summed E-state index contributed by atoms with van der Waals surface area (Å²) in [7, 11) is 0. The van der Waals surface area contributed by atoms with Crippen LogP contribution in [0.4, 0.5) is 0 Å². The van der Waals surface area contributed by atoms with Gasteiger partial charge in [0.2, 0.25) is 0 Å². The zero-order valence-electron chi connectivity index (χ0n) is 6.73. The molecule has 0 fully saturated rings. The average Bonchev–Trinajstić information content (AvgIpc) is 2.05. The molecule has 0 aromatic heterocycles. The van der Waals surface area contributed by atoms with Gasteiger partial charge in [0.05, 0.1) is 0 Å². The van der Waals surface area contributed by atoms with Crippen molar-refractivity contribution in [1.82, 2.24) is 0 Å². The molecule has 0 heterocycles. The molecule has 0 radical (unpaired) electrons. The van der Waals surface area contributed by atoms with E-state index in [-0.39, 0.29) is 23.4 Å². The van der Waals surface area contributed by atoms with Crippen molar-refractivity contribution in [3.63, 3.8) is 0 Å². The summed E-state index contributed by atoms with van der Waals surface area (Å²) in [5.74, 6) is -0.0359. The lowest BCUT2D eigenvalue weighted by molar-refractivity contribution is 0.539. The van der Waals surface area contributed by atoms with Crippen molar-refractivity contribution in [2.24, 2.45) is 0 Å². The van der Waals surface area contributed by atoms with E-state index in [1.165, 1.54) is 0 Å². The van der Waals surface area contributed by atoms with Crippen molar-refractivity contribution >= 4 is 29.7 Å². The van der Waals surface area contributed by atoms with Crippen LogP contribution >= 0.6 is 24.6 Å². The van der Waals surface area contributed by atoms with Crippen LogP contribution in [0.25, 0.3) is 0 Å². The first-order valence-electron chi connectivity index (χ1n) is 3.49. The molecule has 1 unspecified atom stereocenters. The summed E-state index contributed by atoms with van der Waals surface area (Å²) in [4.78, 5) is 0. The molecule has 0 saturated heterocycles. The van der Waals surface area contributed by atoms with Crippen LogP contribution < -0.4 is 0 Å². The lowest BCUT2D eigenvalue weighted by Gasteiger charge is -2.06. The summed E-state index contributed by atoms with van der Waals surface area (Å²) in [6.07, 6.45) is 0. The lowest BCUT2D eigenvalue weighted by Crippen LogP contribution is -2.04. The SMILES string of the molecule is CC(C(O)=S)c1ccccc1.Cl. The van der Waals surface area contributed by atoms with Crippen LogP contribution in [-0.4, -0.2) is 10.2 Å². The van der Waals surface area contributed by atoms with Crippen molar-refractivity contribution in [1.29, 1.82) is 0 Å². The summed E-state index contributed by atoms with van der Waals surface area (Å²) in [5.41, 5.74) is 1.06. The number of hydrogen-bond donors (Lipinski definition) is 1. The van der Waals surface area contributed by atoms with E-state index in [9.17, 15) is 0 Å². The molecule has 3 heteroatoms. The molecule has 1 nitrogen and oxygen atoms in total. The smallest absolute Gasteiger partial charge is 0.163 e. The number of halogens is 1. The highest BCUT2D eigenvalue weighted by atomic mass is 35.5. The van der Waals surface area contributed by atoms with Gasteiger partial charge in [-0.15, -0.1) is 12.4 Å². The van der Waals surface area contributed by atoms with Crippen LogP contribution in [0.3, 0.4) is 0 Å². The van der Waals surface area contributed by atoms with E-state index in [1.807, 2.05) is 37.3 Å². The molecule has 12 heavy (non-hydrogen) atoms. The van der Waals surface area contributed by atoms with Gasteiger partial charge in [-0.05, 0) is 17.8 Å². The van der Waals surface area contributed by atoms with Gasteiger partial charge >= 0.3 is 0 Å². The molecule has 0 aliphatic carbocycles. The summed E-state index contributed by atoms with van der Waals surface area (Å²) >= 11 is 4.66. The van der Waals surface area contributed by atoms with E-state index in [4.69, 9.17) is 5.11 Å². The maximum Gasteiger partial charge on any atom is 0.163 e. The summed E-state index contributed by atoms with van der Waals surface area (Å²) in [5, 5.41) is 9.06. The van der Waals surface area contributed by atoms with E-state index < -0.39 is 0 Å². The summed E-state index contributed by atoms with van der Waals surface area (Å²) in [6.45, 7) is 1.89. The molecule has 0 spiro atoms. The lowest BCUT2D eigenvalue weighted by atomic mass is 10.0. The monoisotopic (exact) mass is 202 g/mol. The molecular formula is C9H11ClOS. The first-order valence-corrected chi connectivity index (χ1v) is 3.90. The Morgan fingerprint density at radius 2 is 1.83 bits per heavy atom. The van der Waals surface area contributed by atoms with Gasteiger partial charge in [0.1, 0.15) is 0 Å². The molecule has 1 atom stereocenters. The van der Waals surface area contributed by atoms with Crippen LogP contribution in [-0.2, 0) is 0 Å². The van der Waals surface area contributed by atoms with Gasteiger partial charge in [0.25, 0.3) is 0 Å². The number of rotatable bonds is 2.